The number of para-hydroxylation sites is 2. The maximum Gasteiger partial charge on any atom is 0.248 e. The van der Waals surface area contributed by atoms with Crippen molar-refractivity contribution < 1.29 is 9.53 Å². The second kappa shape index (κ2) is 4.28. The van der Waals surface area contributed by atoms with Gasteiger partial charge in [0.2, 0.25) is 5.91 Å². The Hall–Kier alpha value is -1.55. The molecule has 1 saturated carbocycles. The highest BCUT2D eigenvalue weighted by molar-refractivity contribution is 6.00. The van der Waals surface area contributed by atoms with Crippen molar-refractivity contribution in [3.8, 4) is 5.75 Å². The van der Waals surface area contributed by atoms with Crippen molar-refractivity contribution in [2.75, 3.05) is 11.9 Å². The van der Waals surface area contributed by atoms with E-state index in [0.29, 0.717) is 6.04 Å². The molecule has 18 heavy (non-hydrogen) atoms. The number of likely N-dealkylation sites (N-methyl/N-ethyl adjacent to an activating group) is 1. The zero-order valence-electron chi connectivity index (χ0n) is 10.7. The van der Waals surface area contributed by atoms with Gasteiger partial charge in [0.25, 0.3) is 0 Å². The Labute approximate surface area is 107 Å². The molecule has 1 fully saturated rings. The number of nitrogens with zero attached hydrogens (tertiary/aromatic N) is 1. The molecule has 4 heteroatoms. The topological polar surface area (TPSA) is 41.6 Å². The van der Waals surface area contributed by atoms with Gasteiger partial charge in [-0.1, -0.05) is 12.1 Å². The number of ether oxygens (including phenoxy) is 1. The van der Waals surface area contributed by atoms with Crippen LogP contribution in [0.3, 0.4) is 0 Å². The summed E-state index contributed by atoms with van der Waals surface area (Å²) in [7, 11) is 1.81. The van der Waals surface area contributed by atoms with Crippen molar-refractivity contribution in [2.45, 2.75) is 38.0 Å². The van der Waals surface area contributed by atoms with Crippen molar-refractivity contribution in [1.29, 1.82) is 0 Å². The number of benzene rings is 1. The van der Waals surface area contributed by atoms with Crippen LogP contribution in [0, 0.1) is 0 Å². The Morgan fingerprint density at radius 3 is 2.72 bits per heavy atom. The summed E-state index contributed by atoms with van der Waals surface area (Å²) < 4.78 is 5.91. The molecule has 4 nitrogen and oxygen atoms in total. The standard InChI is InChI=1S/C14H18N2O2/c1-9-13(15-2)14(17)16(10-7-8-10)11-5-3-4-6-12(11)18-9/h3-6,9-10,13,15H,7-8H2,1-2H3. The Morgan fingerprint density at radius 1 is 1.33 bits per heavy atom. The summed E-state index contributed by atoms with van der Waals surface area (Å²) in [5, 5.41) is 3.07. The number of amides is 1. The summed E-state index contributed by atoms with van der Waals surface area (Å²) in [5.74, 6) is 0.931. The fraction of sp³-hybridized carbons (Fsp3) is 0.500. The zero-order chi connectivity index (χ0) is 12.7. The van der Waals surface area contributed by atoms with E-state index in [1.807, 2.05) is 43.1 Å². The molecule has 0 aromatic heterocycles. The Balaban J connectivity index is 2.06. The second-order valence-electron chi connectivity index (χ2n) is 5.00. The van der Waals surface area contributed by atoms with Gasteiger partial charge in [-0.25, -0.2) is 0 Å². The molecule has 1 aromatic rings. The highest BCUT2D eigenvalue weighted by Crippen LogP contribution is 2.39. The van der Waals surface area contributed by atoms with E-state index < -0.39 is 0 Å². The van der Waals surface area contributed by atoms with Crippen LogP contribution in [0.15, 0.2) is 24.3 Å². The molecule has 1 amide bonds. The van der Waals surface area contributed by atoms with Crippen LogP contribution in [-0.2, 0) is 4.79 Å². The molecule has 2 unspecified atom stereocenters. The molecule has 2 aliphatic rings. The second-order valence-corrected chi connectivity index (χ2v) is 5.00. The third kappa shape index (κ3) is 1.77. The molecule has 1 aliphatic carbocycles. The predicted molar refractivity (Wildman–Crippen MR) is 69.9 cm³/mol. The largest absolute Gasteiger partial charge is 0.486 e. The Morgan fingerprint density at radius 2 is 2.06 bits per heavy atom. The van der Waals surface area contributed by atoms with Crippen LogP contribution >= 0.6 is 0 Å². The smallest absolute Gasteiger partial charge is 0.248 e. The number of carbonyl (C=O) groups excluding carboxylic acids is 1. The molecule has 3 rings (SSSR count). The molecule has 1 aromatic carbocycles. The third-order valence-electron chi connectivity index (χ3n) is 3.63. The first kappa shape index (κ1) is 11.5. The number of anilines is 1. The van der Waals surface area contributed by atoms with Gasteiger partial charge in [0.15, 0.2) is 0 Å². The van der Waals surface area contributed by atoms with Crippen molar-refractivity contribution in [1.82, 2.24) is 5.32 Å². The lowest BCUT2D eigenvalue weighted by molar-refractivity contribution is -0.122. The lowest BCUT2D eigenvalue weighted by Crippen LogP contribution is -2.51. The summed E-state index contributed by atoms with van der Waals surface area (Å²) in [6.45, 7) is 1.94. The third-order valence-corrected chi connectivity index (χ3v) is 3.63. The molecule has 0 radical (unpaired) electrons. The molecule has 0 spiro atoms. The minimum absolute atomic E-state index is 0.123. The summed E-state index contributed by atoms with van der Waals surface area (Å²) >= 11 is 0. The van der Waals surface area contributed by atoms with Crippen molar-refractivity contribution in [3.05, 3.63) is 24.3 Å². The van der Waals surface area contributed by atoms with Crippen LogP contribution in [0.5, 0.6) is 5.75 Å². The molecule has 0 bridgehead atoms. The average molecular weight is 246 g/mol. The van der Waals surface area contributed by atoms with Crippen LogP contribution in [0.2, 0.25) is 0 Å². The molecule has 1 N–H and O–H groups in total. The number of fused-ring (bicyclic) bond motifs is 1. The maximum absolute atomic E-state index is 12.6. The van der Waals surface area contributed by atoms with Gasteiger partial charge < -0.3 is 15.0 Å². The van der Waals surface area contributed by atoms with Gasteiger partial charge in [-0.3, -0.25) is 4.79 Å². The highest BCUT2D eigenvalue weighted by atomic mass is 16.5. The van der Waals surface area contributed by atoms with Gasteiger partial charge in [-0.15, -0.1) is 0 Å². The monoisotopic (exact) mass is 246 g/mol. The van der Waals surface area contributed by atoms with Crippen LogP contribution < -0.4 is 15.0 Å². The van der Waals surface area contributed by atoms with Crippen molar-refractivity contribution >= 4 is 11.6 Å². The molecule has 0 saturated heterocycles. The van der Waals surface area contributed by atoms with E-state index in [4.69, 9.17) is 4.74 Å². The van der Waals surface area contributed by atoms with Crippen LogP contribution in [0.4, 0.5) is 5.69 Å². The average Bonchev–Trinajstić information content (AvgIpc) is 3.16. The van der Waals surface area contributed by atoms with Crippen LogP contribution in [0.1, 0.15) is 19.8 Å². The van der Waals surface area contributed by atoms with E-state index >= 15 is 0 Å². The summed E-state index contributed by atoms with van der Waals surface area (Å²) in [5.41, 5.74) is 0.912. The van der Waals surface area contributed by atoms with Crippen LogP contribution in [0.25, 0.3) is 0 Å². The molecule has 96 valence electrons. The Kier molecular flexibility index (Phi) is 2.74. The van der Waals surface area contributed by atoms with Crippen molar-refractivity contribution in [3.63, 3.8) is 0 Å². The number of nitrogens with one attached hydrogen (secondary N) is 1. The van der Waals surface area contributed by atoms with Crippen molar-refractivity contribution in [2.24, 2.45) is 0 Å². The quantitative estimate of drug-likeness (QED) is 0.861. The van der Waals surface area contributed by atoms with E-state index in [2.05, 4.69) is 5.32 Å². The summed E-state index contributed by atoms with van der Waals surface area (Å²) in [6.07, 6.45) is 2.02. The SMILES string of the molecule is CNC1C(=O)N(C2CC2)c2ccccc2OC1C. The zero-order valence-corrected chi connectivity index (χ0v) is 10.7. The fourth-order valence-electron chi connectivity index (χ4n) is 2.56. The van der Waals surface area contributed by atoms with Gasteiger partial charge in [0.05, 0.1) is 5.69 Å². The lowest BCUT2D eigenvalue weighted by Gasteiger charge is -2.25. The normalized spacial score (nSPS) is 27.4. The number of hydrogen-bond donors (Lipinski definition) is 1. The van der Waals surface area contributed by atoms with Gasteiger partial charge in [-0.05, 0) is 38.9 Å². The lowest BCUT2D eigenvalue weighted by atomic mass is 10.1. The summed E-state index contributed by atoms with van der Waals surface area (Å²) in [4.78, 5) is 14.5. The van der Waals surface area contributed by atoms with E-state index in [1.165, 1.54) is 0 Å². The fourth-order valence-corrected chi connectivity index (χ4v) is 2.56. The van der Waals surface area contributed by atoms with E-state index in [-0.39, 0.29) is 18.1 Å². The van der Waals surface area contributed by atoms with E-state index in [9.17, 15) is 4.79 Å². The maximum atomic E-state index is 12.6. The highest BCUT2D eigenvalue weighted by Gasteiger charge is 2.42. The first-order valence-electron chi connectivity index (χ1n) is 6.48. The predicted octanol–water partition coefficient (Wildman–Crippen LogP) is 1.55. The number of rotatable bonds is 2. The molecular weight excluding hydrogens is 228 g/mol. The molecule has 1 aliphatic heterocycles. The number of hydrogen-bond acceptors (Lipinski definition) is 3. The minimum Gasteiger partial charge on any atom is -0.486 e. The minimum atomic E-state index is -0.280. The molecule has 1 heterocycles. The van der Waals surface area contributed by atoms with E-state index in [0.717, 1.165) is 24.3 Å². The van der Waals surface area contributed by atoms with Crippen LogP contribution in [-0.4, -0.2) is 31.1 Å². The molecule has 2 atom stereocenters. The van der Waals surface area contributed by atoms with Gasteiger partial charge in [-0.2, -0.15) is 0 Å². The van der Waals surface area contributed by atoms with Gasteiger partial charge >= 0.3 is 0 Å². The van der Waals surface area contributed by atoms with E-state index in [1.54, 1.807) is 0 Å². The number of carbonyl (C=O) groups is 1. The molecular formula is C14H18N2O2. The first-order chi connectivity index (χ1) is 8.72. The van der Waals surface area contributed by atoms with Gasteiger partial charge in [0.1, 0.15) is 17.9 Å². The summed E-state index contributed by atoms with van der Waals surface area (Å²) in [6, 6.07) is 7.88. The van der Waals surface area contributed by atoms with Gasteiger partial charge in [0, 0.05) is 6.04 Å². The first-order valence-corrected chi connectivity index (χ1v) is 6.48. The Bertz CT molecular complexity index is 471.